The standard InChI is InChI=1S/C29H27F3N4O/c1-19-17-33-26-11-9-21(22-10-12-27(34-18-22)35-13-4-3-5-14-35)15-25(26)28(19)36(20(2)37)24-8-6-7-23(16-24)29(30,31)32/h6-12,15-18H,3-5,13-14H2,1-2H3. The van der Waals surface area contributed by atoms with E-state index in [1.807, 2.05) is 36.5 Å². The number of hydrogen-bond acceptors (Lipinski definition) is 4. The Bertz CT molecular complexity index is 1440. The number of hydrogen-bond donors (Lipinski definition) is 0. The van der Waals surface area contributed by atoms with Gasteiger partial charge in [0.05, 0.1) is 16.8 Å². The summed E-state index contributed by atoms with van der Waals surface area (Å²) >= 11 is 0. The number of alkyl halides is 3. The molecule has 1 saturated heterocycles. The molecule has 3 heterocycles. The van der Waals surface area contributed by atoms with Crippen LogP contribution in [0.3, 0.4) is 0 Å². The van der Waals surface area contributed by atoms with Gasteiger partial charge >= 0.3 is 6.18 Å². The van der Waals surface area contributed by atoms with Gasteiger partial charge in [-0.2, -0.15) is 13.2 Å². The van der Waals surface area contributed by atoms with Gasteiger partial charge in [-0.15, -0.1) is 0 Å². The molecule has 0 radical (unpaired) electrons. The maximum Gasteiger partial charge on any atom is 0.416 e. The molecular weight excluding hydrogens is 477 g/mol. The number of rotatable bonds is 4. The van der Waals surface area contributed by atoms with E-state index in [1.54, 1.807) is 13.1 Å². The number of halogens is 3. The summed E-state index contributed by atoms with van der Waals surface area (Å²) in [6.07, 6.45) is 2.54. The lowest BCUT2D eigenvalue weighted by Gasteiger charge is -2.27. The number of pyridine rings is 2. The van der Waals surface area contributed by atoms with Gasteiger partial charge in [-0.3, -0.25) is 14.7 Å². The van der Waals surface area contributed by atoms with Crippen molar-refractivity contribution in [1.82, 2.24) is 9.97 Å². The molecule has 2 aromatic heterocycles. The molecule has 0 saturated carbocycles. The first-order chi connectivity index (χ1) is 17.7. The molecule has 1 aliphatic rings. The highest BCUT2D eigenvalue weighted by atomic mass is 19.4. The van der Waals surface area contributed by atoms with E-state index in [9.17, 15) is 18.0 Å². The number of carbonyl (C=O) groups excluding carboxylic acids is 1. The van der Waals surface area contributed by atoms with Crippen LogP contribution >= 0.6 is 0 Å². The maximum atomic E-state index is 13.4. The molecule has 5 nitrogen and oxygen atoms in total. The summed E-state index contributed by atoms with van der Waals surface area (Å²) in [5, 5.41) is 0.671. The average Bonchev–Trinajstić information content (AvgIpc) is 2.90. The lowest BCUT2D eigenvalue weighted by atomic mass is 10.0. The number of aryl methyl sites for hydroxylation is 1. The first-order valence-electron chi connectivity index (χ1n) is 12.3. The topological polar surface area (TPSA) is 49.3 Å². The second kappa shape index (κ2) is 9.84. The summed E-state index contributed by atoms with van der Waals surface area (Å²) in [5.74, 6) is 0.558. The average molecular weight is 505 g/mol. The molecule has 0 bridgehead atoms. The minimum absolute atomic E-state index is 0.149. The highest BCUT2D eigenvalue weighted by Crippen LogP contribution is 2.39. The second-order valence-electron chi connectivity index (χ2n) is 9.38. The fraction of sp³-hybridized carbons (Fsp3) is 0.276. The number of amides is 1. The molecular formula is C29H27F3N4O. The van der Waals surface area contributed by atoms with Crippen LogP contribution in [0, 0.1) is 6.92 Å². The lowest BCUT2D eigenvalue weighted by molar-refractivity contribution is -0.137. The molecule has 0 aliphatic carbocycles. The van der Waals surface area contributed by atoms with Crippen molar-refractivity contribution in [2.45, 2.75) is 39.3 Å². The molecule has 190 valence electrons. The molecule has 4 aromatic rings. The lowest BCUT2D eigenvalue weighted by Crippen LogP contribution is -2.29. The second-order valence-corrected chi connectivity index (χ2v) is 9.38. The van der Waals surface area contributed by atoms with Gasteiger partial charge in [-0.05, 0) is 79.8 Å². The zero-order chi connectivity index (χ0) is 26.2. The first-order valence-corrected chi connectivity index (χ1v) is 12.3. The van der Waals surface area contributed by atoms with Crippen molar-refractivity contribution in [3.63, 3.8) is 0 Å². The largest absolute Gasteiger partial charge is 0.416 e. The smallest absolute Gasteiger partial charge is 0.357 e. The minimum Gasteiger partial charge on any atom is -0.357 e. The molecule has 1 amide bonds. The molecule has 1 fully saturated rings. The SMILES string of the molecule is CC(=O)N(c1cccc(C(F)(F)F)c1)c1c(C)cnc2ccc(-c3ccc(N4CCCCC4)nc3)cc12. The summed E-state index contributed by atoms with van der Waals surface area (Å²) in [4.78, 5) is 25.7. The monoisotopic (exact) mass is 504 g/mol. The van der Waals surface area contributed by atoms with Gasteiger partial charge in [0.2, 0.25) is 5.91 Å². The van der Waals surface area contributed by atoms with Crippen LogP contribution in [0.4, 0.5) is 30.4 Å². The first kappa shape index (κ1) is 24.7. The Morgan fingerprint density at radius 2 is 1.68 bits per heavy atom. The van der Waals surface area contributed by atoms with Crippen molar-refractivity contribution in [3.8, 4) is 11.1 Å². The van der Waals surface area contributed by atoms with E-state index in [0.717, 1.165) is 42.2 Å². The predicted molar refractivity (Wildman–Crippen MR) is 140 cm³/mol. The fourth-order valence-electron chi connectivity index (χ4n) is 4.91. The molecule has 0 unspecified atom stereocenters. The molecule has 37 heavy (non-hydrogen) atoms. The number of nitrogens with zero attached hydrogens (tertiary/aromatic N) is 4. The molecule has 8 heteroatoms. The van der Waals surface area contributed by atoms with Gasteiger partial charge in [-0.1, -0.05) is 12.1 Å². The fourth-order valence-corrected chi connectivity index (χ4v) is 4.91. The molecule has 0 atom stereocenters. The zero-order valence-electron chi connectivity index (χ0n) is 20.7. The summed E-state index contributed by atoms with van der Waals surface area (Å²) < 4.78 is 40.3. The van der Waals surface area contributed by atoms with Crippen molar-refractivity contribution >= 4 is 34.0 Å². The van der Waals surface area contributed by atoms with Crippen LogP contribution in [0.15, 0.2) is 67.0 Å². The van der Waals surface area contributed by atoms with Crippen molar-refractivity contribution in [2.24, 2.45) is 0 Å². The zero-order valence-corrected chi connectivity index (χ0v) is 20.7. The van der Waals surface area contributed by atoms with Gasteiger partial charge in [-0.25, -0.2) is 4.98 Å². The summed E-state index contributed by atoms with van der Waals surface area (Å²) in [6, 6.07) is 14.6. The van der Waals surface area contributed by atoms with Crippen molar-refractivity contribution in [3.05, 3.63) is 78.1 Å². The van der Waals surface area contributed by atoms with Crippen LogP contribution in [0.1, 0.15) is 37.3 Å². The quantitative estimate of drug-likeness (QED) is 0.293. The Labute approximate surface area is 213 Å². The van der Waals surface area contributed by atoms with E-state index in [0.29, 0.717) is 22.2 Å². The molecule has 5 rings (SSSR count). The summed E-state index contributed by atoms with van der Waals surface area (Å²) in [7, 11) is 0. The highest BCUT2D eigenvalue weighted by Gasteiger charge is 2.31. The third-order valence-corrected chi connectivity index (χ3v) is 6.75. The van der Waals surface area contributed by atoms with E-state index >= 15 is 0 Å². The third-order valence-electron chi connectivity index (χ3n) is 6.75. The van der Waals surface area contributed by atoms with Gasteiger partial charge in [0.1, 0.15) is 5.82 Å². The molecule has 1 aliphatic heterocycles. The van der Waals surface area contributed by atoms with Crippen LogP contribution in [0.25, 0.3) is 22.0 Å². The van der Waals surface area contributed by atoms with E-state index in [4.69, 9.17) is 0 Å². The third kappa shape index (κ3) is 5.01. The summed E-state index contributed by atoms with van der Waals surface area (Å²) in [6.45, 7) is 5.16. The Morgan fingerprint density at radius 1 is 0.919 bits per heavy atom. The van der Waals surface area contributed by atoms with Crippen molar-refractivity contribution < 1.29 is 18.0 Å². The molecule has 2 aromatic carbocycles. The van der Waals surface area contributed by atoms with Crippen LogP contribution in [0.5, 0.6) is 0 Å². The van der Waals surface area contributed by atoms with Gasteiger partial charge in [0.15, 0.2) is 0 Å². The number of carbonyl (C=O) groups is 1. The van der Waals surface area contributed by atoms with Gasteiger partial charge < -0.3 is 4.90 Å². The van der Waals surface area contributed by atoms with Crippen LogP contribution < -0.4 is 9.80 Å². The van der Waals surface area contributed by atoms with Gasteiger partial charge in [0.25, 0.3) is 0 Å². The van der Waals surface area contributed by atoms with Crippen molar-refractivity contribution in [1.29, 1.82) is 0 Å². The minimum atomic E-state index is -4.52. The maximum absolute atomic E-state index is 13.4. The molecule has 0 spiro atoms. The van der Waals surface area contributed by atoms with Gasteiger partial charge in [0, 0.05) is 49.0 Å². The van der Waals surface area contributed by atoms with E-state index in [1.165, 1.54) is 43.2 Å². The predicted octanol–water partition coefficient (Wildman–Crippen LogP) is 7.30. The molecule has 0 N–H and O–H groups in total. The van der Waals surface area contributed by atoms with Crippen LogP contribution in [0.2, 0.25) is 0 Å². The van der Waals surface area contributed by atoms with E-state index in [-0.39, 0.29) is 5.69 Å². The summed E-state index contributed by atoms with van der Waals surface area (Å²) in [5.41, 5.74) is 2.95. The number of fused-ring (bicyclic) bond motifs is 1. The Kier molecular flexibility index (Phi) is 6.58. The van der Waals surface area contributed by atoms with E-state index in [2.05, 4.69) is 14.9 Å². The Hall–Kier alpha value is -3.94. The van der Waals surface area contributed by atoms with Crippen molar-refractivity contribution in [2.75, 3.05) is 22.9 Å². The Morgan fingerprint density at radius 3 is 2.35 bits per heavy atom. The normalized spacial score (nSPS) is 14.1. The number of piperidine rings is 1. The Balaban J connectivity index is 1.59. The number of aromatic nitrogens is 2. The van der Waals surface area contributed by atoms with E-state index < -0.39 is 17.6 Å². The highest BCUT2D eigenvalue weighted by molar-refractivity contribution is 6.08. The number of benzene rings is 2. The number of anilines is 3. The van der Waals surface area contributed by atoms with Crippen LogP contribution in [-0.4, -0.2) is 29.0 Å². The van der Waals surface area contributed by atoms with Crippen LogP contribution in [-0.2, 0) is 11.0 Å².